The summed E-state index contributed by atoms with van der Waals surface area (Å²) in [5, 5.41) is 3.29. The van der Waals surface area contributed by atoms with Gasteiger partial charge in [0, 0.05) is 18.2 Å². The second-order valence-corrected chi connectivity index (χ2v) is 4.78. The first-order chi connectivity index (χ1) is 7.90. The zero-order valence-corrected chi connectivity index (χ0v) is 11.1. The van der Waals surface area contributed by atoms with Crippen LogP contribution in [0.1, 0.15) is 17.3 Å². The third-order valence-corrected chi connectivity index (χ3v) is 2.61. The molecular weight excluding hydrogens is 238 g/mol. The number of carbonyl (C=O) groups is 1. The van der Waals surface area contributed by atoms with Crippen molar-refractivity contribution < 1.29 is 4.79 Å². The van der Waals surface area contributed by atoms with Gasteiger partial charge in [0.15, 0.2) is 0 Å². The fourth-order valence-corrected chi connectivity index (χ4v) is 1.75. The summed E-state index contributed by atoms with van der Waals surface area (Å²) in [6.45, 7) is 2.74. The number of benzene rings is 1. The van der Waals surface area contributed by atoms with Crippen molar-refractivity contribution >= 4 is 23.2 Å². The predicted octanol–water partition coefficient (Wildman–Crippen LogP) is 1.60. The van der Waals surface area contributed by atoms with Gasteiger partial charge in [-0.25, -0.2) is 0 Å². The molecule has 4 nitrogen and oxygen atoms in total. The number of nitrogens with one attached hydrogen (secondary N) is 1. The Hall–Kier alpha value is -1.26. The summed E-state index contributed by atoms with van der Waals surface area (Å²) in [6.07, 6.45) is 0. The van der Waals surface area contributed by atoms with Crippen LogP contribution in [0.3, 0.4) is 0 Å². The molecule has 1 aromatic carbocycles. The Balaban J connectivity index is 2.66. The van der Waals surface area contributed by atoms with E-state index in [1.165, 1.54) is 0 Å². The molecule has 0 fully saturated rings. The van der Waals surface area contributed by atoms with E-state index in [0.717, 1.165) is 6.54 Å². The Bertz CT molecular complexity index is 407. The molecule has 0 aliphatic carbocycles. The van der Waals surface area contributed by atoms with E-state index in [0.29, 0.717) is 16.3 Å². The standard InChI is InChI=1S/C12H18ClN3O/c1-8(7-16(2)3)15-12(17)9-4-5-11(14)10(13)6-9/h4-6,8H,7,14H2,1-3H3,(H,15,17). The van der Waals surface area contributed by atoms with Crippen molar-refractivity contribution in [2.24, 2.45) is 0 Å². The van der Waals surface area contributed by atoms with Crippen molar-refractivity contribution in [2.45, 2.75) is 13.0 Å². The zero-order valence-electron chi connectivity index (χ0n) is 10.3. The van der Waals surface area contributed by atoms with Crippen molar-refractivity contribution in [1.29, 1.82) is 0 Å². The number of nitrogens with zero attached hydrogens (tertiary/aromatic N) is 1. The molecule has 0 aliphatic heterocycles. The van der Waals surface area contributed by atoms with E-state index >= 15 is 0 Å². The molecule has 17 heavy (non-hydrogen) atoms. The number of amides is 1. The average Bonchev–Trinajstić information content (AvgIpc) is 2.20. The highest BCUT2D eigenvalue weighted by Gasteiger charge is 2.11. The van der Waals surface area contributed by atoms with Crippen molar-refractivity contribution in [3.05, 3.63) is 28.8 Å². The maximum atomic E-state index is 11.9. The quantitative estimate of drug-likeness (QED) is 0.804. The molecule has 0 saturated heterocycles. The highest BCUT2D eigenvalue weighted by molar-refractivity contribution is 6.33. The van der Waals surface area contributed by atoms with Crippen LogP contribution in [-0.4, -0.2) is 37.5 Å². The highest BCUT2D eigenvalue weighted by atomic mass is 35.5. The van der Waals surface area contributed by atoms with Crippen LogP contribution < -0.4 is 11.1 Å². The Labute approximate surface area is 107 Å². The normalized spacial score (nSPS) is 12.5. The smallest absolute Gasteiger partial charge is 0.251 e. The fraction of sp³-hybridized carbons (Fsp3) is 0.417. The van der Waals surface area contributed by atoms with Crippen molar-refractivity contribution in [2.75, 3.05) is 26.4 Å². The highest BCUT2D eigenvalue weighted by Crippen LogP contribution is 2.19. The number of likely N-dealkylation sites (N-methyl/N-ethyl adjacent to an activating group) is 1. The maximum absolute atomic E-state index is 11.9. The first-order valence-electron chi connectivity index (χ1n) is 5.40. The van der Waals surface area contributed by atoms with Crippen molar-refractivity contribution in [3.8, 4) is 0 Å². The summed E-state index contributed by atoms with van der Waals surface area (Å²) in [7, 11) is 3.92. The van der Waals surface area contributed by atoms with Gasteiger partial charge < -0.3 is 16.0 Å². The van der Waals surface area contributed by atoms with E-state index < -0.39 is 0 Å². The molecule has 0 heterocycles. The molecule has 1 unspecified atom stereocenters. The van der Waals surface area contributed by atoms with Gasteiger partial charge in [-0.3, -0.25) is 4.79 Å². The molecule has 1 atom stereocenters. The van der Waals surface area contributed by atoms with E-state index in [1.807, 2.05) is 25.9 Å². The molecule has 94 valence electrons. The lowest BCUT2D eigenvalue weighted by Gasteiger charge is -2.18. The third kappa shape index (κ3) is 4.24. The van der Waals surface area contributed by atoms with Crippen LogP contribution in [0, 0.1) is 0 Å². The van der Waals surface area contributed by atoms with Gasteiger partial charge in [-0.1, -0.05) is 11.6 Å². The van der Waals surface area contributed by atoms with Crippen LogP contribution in [0.4, 0.5) is 5.69 Å². The topological polar surface area (TPSA) is 58.4 Å². The Kier molecular flexibility index (Phi) is 4.78. The van der Waals surface area contributed by atoms with Crippen molar-refractivity contribution in [1.82, 2.24) is 10.2 Å². The van der Waals surface area contributed by atoms with Crippen molar-refractivity contribution in [3.63, 3.8) is 0 Å². The molecule has 0 saturated carbocycles. The number of rotatable bonds is 4. The SMILES string of the molecule is CC(CN(C)C)NC(=O)c1ccc(N)c(Cl)c1. The Morgan fingerprint density at radius 2 is 2.18 bits per heavy atom. The number of nitrogens with two attached hydrogens (primary N) is 1. The molecule has 0 aliphatic rings. The minimum Gasteiger partial charge on any atom is -0.398 e. The number of nitrogen functional groups attached to an aromatic ring is 1. The zero-order chi connectivity index (χ0) is 13.0. The van der Waals surface area contributed by atoms with Gasteiger partial charge in [-0.05, 0) is 39.2 Å². The molecule has 1 rings (SSSR count). The van der Waals surface area contributed by atoms with E-state index in [4.69, 9.17) is 17.3 Å². The number of halogens is 1. The molecule has 0 aromatic heterocycles. The van der Waals surface area contributed by atoms with E-state index in [9.17, 15) is 4.79 Å². The lowest BCUT2D eigenvalue weighted by atomic mass is 10.2. The largest absolute Gasteiger partial charge is 0.398 e. The third-order valence-electron chi connectivity index (χ3n) is 2.28. The summed E-state index contributed by atoms with van der Waals surface area (Å²) in [5.41, 5.74) is 6.59. The van der Waals surface area contributed by atoms with Crippen LogP contribution in [0.2, 0.25) is 5.02 Å². The van der Waals surface area contributed by atoms with Crippen LogP contribution >= 0.6 is 11.6 Å². The first-order valence-corrected chi connectivity index (χ1v) is 5.78. The van der Waals surface area contributed by atoms with Gasteiger partial charge in [0.25, 0.3) is 5.91 Å². The van der Waals surface area contributed by atoms with E-state index in [1.54, 1.807) is 18.2 Å². The average molecular weight is 256 g/mol. The molecule has 0 bridgehead atoms. The van der Waals surface area contributed by atoms with Gasteiger partial charge in [0.2, 0.25) is 0 Å². The predicted molar refractivity (Wildman–Crippen MR) is 71.3 cm³/mol. The molecular formula is C12H18ClN3O. The molecule has 5 heteroatoms. The first kappa shape index (κ1) is 13.8. The lowest BCUT2D eigenvalue weighted by Crippen LogP contribution is -2.39. The van der Waals surface area contributed by atoms with E-state index in [-0.39, 0.29) is 11.9 Å². The Morgan fingerprint density at radius 1 is 1.53 bits per heavy atom. The molecule has 1 amide bonds. The minimum absolute atomic E-state index is 0.0776. The van der Waals surface area contributed by atoms with Gasteiger partial charge in [-0.15, -0.1) is 0 Å². The number of hydrogen-bond donors (Lipinski definition) is 2. The number of anilines is 1. The fourth-order valence-electron chi connectivity index (χ4n) is 1.57. The number of hydrogen-bond acceptors (Lipinski definition) is 3. The summed E-state index contributed by atoms with van der Waals surface area (Å²) in [5.74, 6) is -0.138. The molecule has 0 radical (unpaired) electrons. The van der Waals surface area contributed by atoms with Crippen LogP contribution in [-0.2, 0) is 0 Å². The maximum Gasteiger partial charge on any atom is 0.251 e. The minimum atomic E-state index is -0.138. The van der Waals surface area contributed by atoms with Gasteiger partial charge in [0.1, 0.15) is 0 Å². The van der Waals surface area contributed by atoms with Gasteiger partial charge >= 0.3 is 0 Å². The van der Waals surface area contributed by atoms with Gasteiger partial charge in [0.05, 0.1) is 10.7 Å². The van der Waals surface area contributed by atoms with Crippen LogP contribution in [0.15, 0.2) is 18.2 Å². The summed E-state index contributed by atoms with van der Waals surface area (Å²) in [4.78, 5) is 13.9. The lowest BCUT2D eigenvalue weighted by molar-refractivity contribution is 0.0934. The van der Waals surface area contributed by atoms with Crippen LogP contribution in [0.5, 0.6) is 0 Å². The van der Waals surface area contributed by atoms with Crippen LogP contribution in [0.25, 0.3) is 0 Å². The summed E-state index contributed by atoms with van der Waals surface area (Å²) < 4.78 is 0. The molecule has 1 aromatic rings. The van der Waals surface area contributed by atoms with Gasteiger partial charge in [-0.2, -0.15) is 0 Å². The molecule has 0 spiro atoms. The monoisotopic (exact) mass is 255 g/mol. The van der Waals surface area contributed by atoms with E-state index in [2.05, 4.69) is 5.32 Å². The Morgan fingerprint density at radius 3 is 2.71 bits per heavy atom. The second-order valence-electron chi connectivity index (χ2n) is 4.37. The summed E-state index contributed by atoms with van der Waals surface area (Å²) in [6, 6.07) is 4.95. The summed E-state index contributed by atoms with van der Waals surface area (Å²) >= 11 is 5.87. The number of carbonyl (C=O) groups excluding carboxylic acids is 1. The molecule has 3 N–H and O–H groups in total. The second kappa shape index (κ2) is 5.89.